The van der Waals surface area contributed by atoms with Gasteiger partial charge in [0.15, 0.2) is 5.82 Å². The number of hydrogen-bond acceptors (Lipinski definition) is 4. The van der Waals surface area contributed by atoms with E-state index in [1.165, 1.54) is 6.42 Å². The van der Waals surface area contributed by atoms with E-state index in [9.17, 15) is 0 Å². The summed E-state index contributed by atoms with van der Waals surface area (Å²) in [5.41, 5.74) is 0. The summed E-state index contributed by atoms with van der Waals surface area (Å²) >= 11 is 0. The van der Waals surface area contributed by atoms with Gasteiger partial charge in [-0.05, 0) is 19.3 Å². The molecular formula is C9H15N3O2. The summed E-state index contributed by atoms with van der Waals surface area (Å²) < 4.78 is 5.57. The third kappa shape index (κ3) is 2.30. The zero-order valence-corrected chi connectivity index (χ0v) is 8.07. The molecule has 2 rings (SSSR count). The number of aromatic nitrogens is 3. The molecule has 1 aliphatic heterocycles. The molecule has 0 amide bonds. The van der Waals surface area contributed by atoms with Crippen LogP contribution in [0.1, 0.15) is 30.9 Å². The van der Waals surface area contributed by atoms with Crippen molar-refractivity contribution >= 4 is 0 Å². The first kappa shape index (κ1) is 9.61. The predicted molar refractivity (Wildman–Crippen MR) is 49.6 cm³/mol. The number of aromatic amines is 1. The van der Waals surface area contributed by atoms with Crippen LogP contribution in [0.2, 0.25) is 0 Å². The molecule has 1 aromatic rings. The van der Waals surface area contributed by atoms with Crippen LogP contribution < -0.4 is 0 Å². The van der Waals surface area contributed by atoms with E-state index >= 15 is 0 Å². The molecule has 1 unspecified atom stereocenters. The van der Waals surface area contributed by atoms with E-state index in [4.69, 9.17) is 9.84 Å². The molecule has 0 spiro atoms. The van der Waals surface area contributed by atoms with Gasteiger partial charge in [0.1, 0.15) is 12.4 Å². The molecule has 0 bridgehead atoms. The number of H-pyrrole nitrogens is 1. The standard InChI is InChI=1S/C9H15N3O2/c13-6-9-10-8(11-12-9)5-7-3-1-2-4-14-7/h7,13H,1-6H2,(H,10,11,12). The van der Waals surface area contributed by atoms with Gasteiger partial charge in [-0.2, -0.15) is 5.10 Å². The minimum Gasteiger partial charge on any atom is -0.388 e. The highest BCUT2D eigenvalue weighted by Crippen LogP contribution is 2.15. The van der Waals surface area contributed by atoms with Gasteiger partial charge in [0.05, 0.1) is 6.10 Å². The molecule has 1 atom stereocenters. The Morgan fingerprint density at radius 1 is 1.50 bits per heavy atom. The molecule has 0 radical (unpaired) electrons. The Labute approximate surface area is 82.5 Å². The van der Waals surface area contributed by atoms with Crippen LogP contribution in [0.25, 0.3) is 0 Å². The number of nitrogens with zero attached hydrogens (tertiary/aromatic N) is 2. The third-order valence-corrected chi connectivity index (χ3v) is 2.41. The van der Waals surface area contributed by atoms with Crippen molar-refractivity contribution in [2.75, 3.05) is 6.61 Å². The zero-order valence-electron chi connectivity index (χ0n) is 8.07. The maximum Gasteiger partial charge on any atom is 0.153 e. The fourth-order valence-electron chi connectivity index (χ4n) is 1.67. The summed E-state index contributed by atoms with van der Waals surface area (Å²) in [6.07, 6.45) is 4.47. The molecule has 1 aromatic heterocycles. The Hall–Kier alpha value is -0.940. The normalized spacial score (nSPS) is 22.5. The Kier molecular flexibility index (Phi) is 3.10. The summed E-state index contributed by atoms with van der Waals surface area (Å²) in [4.78, 5) is 4.13. The molecule has 0 aliphatic carbocycles. The number of ether oxygens (including phenoxy) is 1. The highest BCUT2D eigenvalue weighted by Gasteiger charge is 2.16. The largest absolute Gasteiger partial charge is 0.388 e. The fourth-order valence-corrected chi connectivity index (χ4v) is 1.67. The molecule has 1 aliphatic rings. The molecule has 2 heterocycles. The first-order valence-corrected chi connectivity index (χ1v) is 5.01. The van der Waals surface area contributed by atoms with Crippen LogP contribution >= 0.6 is 0 Å². The van der Waals surface area contributed by atoms with Crippen LogP contribution in [0.15, 0.2) is 0 Å². The van der Waals surface area contributed by atoms with Crippen molar-refractivity contribution in [3.63, 3.8) is 0 Å². The lowest BCUT2D eigenvalue weighted by atomic mass is 10.1. The summed E-state index contributed by atoms with van der Waals surface area (Å²) in [5, 5.41) is 15.5. The summed E-state index contributed by atoms with van der Waals surface area (Å²) in [7, 11) is 0. The van der Waals surface area contributed by atoms with Crippen LogP contribution in [-0.4, -0.2) is 33.0 Å². The first-order chi connectivity index (χ1) is 6.88. The van der Waals surface area contributed by atoms with Crippen LogP contribution in [0.4, 0.5) is 0 Å². The van der Waals surface area contributed by atoms with E-state index in [0.717, 1.165) is 31.7 Å². The van der Waals surface area contributed by atoms with Gasteiger partial charge in [-0.1, -0.05) is 0 Å². The van der Waals surface area contributed by atoms with E-state index in [-0.39, 0.29) is 12.7 Å². The molecule has 78 valence electrons. The Bertz CT molecular complexity index is 281. The van der Waals surface area contributed by atoms with E-state index < -0.39 is 0 Å². The molecule has 14 heavy (non-hydrogen) atoms. The van der Waals surface area contributed by atoms with E-state index in [0.29, 0.717) is 5.82 Å². The van der Waals surface area contributed by atoms with Crippen molar-refractivity contribution < 1.29 is 9.84 Å². The van der Waals surface area contributed by atoms with E-state index in [1.807, 2.05) is 0 Å². The number of aliphatic hydroxyl groups is 1. The van der Waals surface area contributed by atoms with E-state index in [1.54, 1.807) is 0 Å². The monoisotopic (exact) mass is 197 g/mol. The number of hydrogen-bond donors (Lipinski definition) is 2. The summed E-state index contributed by atoms with van der Waals surface area (Å²) in [5.74, 6) is 1.26. The van der Waals surface area contributed by atoms with Crippen molar-refractivity contribution in [2.24, 2.45) is 0 Å². The Balaban J connectivity index is 1.89. The molecule has 5 heteroatoms. The molecule has 0 saturated carbocycles. The highest BCUT2D eigenvalue weighted by atomic mass is 16.5. The summed E-state index contributed by atoms with van der Waals surface area (Å²) in [6.45, 7) is 0.764. The fraction of sp³-hybridized carbons (Fsp3) is 0.778. The van der Waals surface area contributed by atoms with Crippen LogP contribution in [0.3, 0.4) is 0 Å². The SMILES string of the molecule is OCc1nc(CC2CCCCO2)n[nH]1. The highest BCUT2D eigenvalue weighted by molar-refractivity contribution is 4.91. The summed E-state index contributed by atoms with van der Waals surface area (Å²) in [6, 6.07) is 0. The number of nitrogens with one attached hydrogen (secondary N) is 1. The quantitative estimate of drug-likeness (QED) is 0.736. The molecule has 1 saturated heterocycles. The molecule has 1 fully saturated rings. The first-order valence-electron chi connectivity index (χ1n) is 5.01. The van der Waals surface area contributed by atoms with Crippen molar-refractivity contribution in [1.29, 1.82) is 0 Å². The second-order valence-electron chi connectivity index (χ2n) is 3.55. The average Bonchev–Trinajstić information content (AvgIpc) is 2.67. The van der Waals surface area contributed by atoms with E-state index in [2.05, 4.69) is 15.2 Å². The molecule has 2 N–H and O–H groups in total. The average molecular weight is 197 g/mol. The lowest BCUT2D eigenvalue weighted by Gasteiger charge is -2.20. The minimum atomic E-state index is -0.0848. The van der Waals surface area contributed by atoms with Gasteiger partial charge in [-0.15, -0.1) is 0 Å². The molecule has 5 nitrogen and oxygen atoms in total. The van der Waals surface area contributed by atoms with Crippen LogP contribution in [0.5, 0.6) is 0 Å². The van der Waals surface area contributed by atoms with Gasteiger partial charge in [0, 0.05) is 13.0 Å². The third-order valence-electron chi connectivity index (χ3n) is 2.41. The van der Waals surface area contributed by atoms with Crippen molar-refractivity contribution in [2.45, 2.75) is 38.4 Å². The van der Waals surface area contributed by atoms with Crippen molar-refractivity contribution in [1.82, 2.24) is 15.2 Å². The second kappa shape index (κ2) is 4.52. The molecule has 0 aromatic carbocycles. The number of aliphatic hydroxyl groups excluding tert-OH is 1. The van der Waals surface area contributed by atoms with Gasteiger partial charge < -0.3 is 9.84 Å². The van der Waals surface area contributed by atoms with Crippen molar-refractivity contribution in [3.05, 3.63) is 11.6 Å². The predicted octanol–water partition coefficient (Wildman–Crippen LogP) is 0.409. The second-order valence-corrected chi connectivity index (χ2v) is 3.55. The topological polar surface area (TPSA) is 71.0 Å². The molecular weight excluding hydrogens is 182 g/mol. The maximum atomic E-state index is 8.79. The van der Waals surface area contributed by atoms with Crippen molar-refractivity contribution in [3.8, 4) is 0 Å². The lowest BCUT2D eigenvalue weighted by Crippen LogP contribution is -2.21. The Morgan fingerprint density at radius 2 is 2.43 bits per heavy atom. The lowest BCUT2D eigenvalue weighted by molar-refractivity contribution is 0.0156. The van der Waals surface area contributed by atoms with Gasteiger partial charge in [0.25, 0.3) is 0 Å². The van der Waals surface area contributed by atoms with Gasteiger partial charge in [-0.25, -0.2) is 4.98 Å². The van der Waals surface area contributed by atoms with Crippen LogP contribution in [0, 0.1) is 0 Å². The van der Waals surface area contributed by atoms with Gasteiger partial charge in [-0.3, -0.25) is 5.10 Å². The van der Waals surface area contributed by atoms with Gasteiger partial charge in [0.2, 0.25) is 0 Å². The zero-order chi connectivity index (χ0) is 9.80. The van der Waals surface area contributed by atoms with Crippen LogP contribution in [-0.2, 0) is 17.8 Å². The smallest absolute Gasteiger partial charge is 0.153 e. The maximum absolute atomic E-state index is 8.79. The Morgan fingerprint density at radius 3 is 3.07 bits per heavy atom. The minimum absolute atomic E-state index is 0.0848. The number of rotatable bonds is 3. The van der Waals surface area contributed by atoms with Gasteiger partial charge >= 0.3 is 0 Å².